The van der Waals surface area contributed by atoms with E-state index in [1.807, 2.05) is 30.3 Å². The van der Waals surface area contributed by atoms with E-state index in [1.54, 1.807) is 7.11 Å². The third-order valence-electron chi connectivity index (χ3n) is 5.00. The van der Waals surface area contributed by atoms with Gasteiger partial charge in [-0.05, 0) is 37.2 Å². The van der Waals surface area contributed by atoms with Gasteiger partial charge in [-0.15, -0.1) is 0 Å². The summed E-state index contributed by atoms with van der Waals surface area (Å²) in [6.45, 7) is 1.42. The van der Waals surface area contributed by atoms with E-state index in [-0.39, 0.29) is 17.4 Å². The fourth-order valence-corrected chi connectivity index (χ4v) is 3.47. The van der Waals surface area contributed by atoms with Crippen molar-refractivity contribution in [3.63, 3.8) is 0 Å². The van der Waals surface area contributed by atoms with Crippen molar-refractivity contribution in [2.75, 3.05) is 26.9 Å². The van der Waals surface area contributed by atoms with Crippen molar-refractivity contribution in [2.24, 2.45) is 5.92 Å². The van der Waals surface area contributed by atoms with Gasteiger partial charge in [-0.25, -0.2) is 4.79 Å². The Hall–Kier alpha value is -2.18. The lowest BCUT2D eigenvalue weighted by molar-refractivity contribution is -0.155. The van der Waals surface area contributed by atoms with Gasteiger partial charge in [0.15, 0.2) is 11.9 Å². The maximum atomic E-state index is 12.6. The van der Waals surface area contributed by atoms with Crippen molar-refractivity contribution >= 4 is 11.8 Å². The van der Waals surface area contributed by atoms with Gasteiger partial charge in [0.2, 0.25) is 5.78 Å². The molecule has 1 aromatic carbocycles. The second kappa shape index (κ2) is 9.15. The SMILES string of the molecule is COCCOCCCC1OC(=O)C(C(c2ccccc2)C2CC2)=C(O)C1=O. The molecule has 1 aromatic rings. The van der Waals surface area contributed by atoms with Crippen LogP contribution >= 0.6 is 0 Å². The number of methoxy groups -OCH3 is 1. The molecule has 6 heteroatoms. The molecule has 27 heavy (non-hydrogen) atoms. The van der Waals surface area contributed by atoms with Gasteiger partial charge in [0, 0.05) is 19.6 Å². The van der Waals surface area contributed by atoms with E-state index in [2.05, 4.69) is 0 Å². The lowest BCUT2D eigenvalue weighted by atomic mass is 9.83. The Bertz CT molecular complexity index is 692. The first-order valence-corrected chi connectivity index (χ1v) is 9.43. The highest BCUT2D eigenvalue weighted by atomic mass is 16.6. The van der Waals surface area contributed by atoms with Crippen LogP contribution in [0.4, 0.5) is 0 Å². The number of carbonyl (C=O) groups is 2. The Morgan fingerprint density at radius 2 is 1.89 bits per heavy atom. The number of carbonyl (C=O) groups excluding carboxylic acids is 2. The summed E-state index contributed by atoms with van der Waals surface area (Å²) >= 11 is 0. The topological polar surface area (TPSA) is 82.1 Å². The maximum absolute atomic E-state index is 12.6. The van der Waals surface area contributed by atoms with Gasteiger partial charge >= 0.3 is 5.97 Å². The molecule has 2 unspecified atom stereocenters. The predicted molar refractivity (Wildman–Crippen MR) is 98.4 cm³/mol. The van der Waals surface area contributed by atoms with Crippen LogP contribution < -0.4 is 0 Å². The van der Waals surface area contributed by atoms with Crippen molar-refractivity contribution in [1.29, 1.82) is 0 Å². The molecule has 0 bridgehead atoms. The molecule has 0 radical (unpaired) electrons. The van der Waals surface area contributed by atoms with Crippen LogP contribution in [0, 0.1) is 5.92 Å². The van der Waals surface area contributed by atoms with Crippen LogP contribution in [0.15, 0.2) is 41.7 Å². The molecule has 1 fully saturated rings. The Balaban J connectivity index is 1.69. The molecular weight excluding hydrogens is 348 g/mol. The number of cyclic esters (lactones) is 1. The van der Waals surface area contributed by atoms with Crippen LogP contribution in [-0.2, 0) is 23.8 Å². The number of aliphatic hydroxyl groups is 1. The van der Waals surface area contributed by atoms with Crippen molar-refractivity contribution in [1.82, 2.24) is 0 Å². The number of ketones is 1. The molecule has 0 spiro atoms. The standard InChI is InChI=1S/C21H26O6/c1-25-12-13-26-11-5-8-16-19(22)20(23)18(21(24)27-16)17(15-9-10-15)14-6-3-2-4-7-14/h2-4,6-7,15-17,23H,5,8-13H2,1H3. The van der Waals surface area contributed by atoms with Gasteiger partial charge in [0.25, 0.3) is 0 Å². The quantitative estimate of drug-likeness (QED) is 0.501. The van der Waals surface area contributed by atoms with Gasteiger partial charge in [-0.1, -0.05) is 30.3 Å². The molecule has 2 atom stereocenters. The highest BCUT2D eigenvalue weighted by molar-refractivity contribution is 6.09. The number of esters is 1. The van der Waals surface area contributed by atoms with Gasteiger partial charge in [0.1, 0.15) is 0 Å². The van der Waals surface area contributed by atoms with Crippen LogP contribution in [0.25, 0.3) is 0 Å². The largest absolute Gasteiger partial charge is 0.504 e. The summed E-state index contributed by atoms with van der Waals surface area (Å²) in [5.41, 5.74) is 1.04. The monoisotopic (exact) mass is 374 g/mol. The minimum atomic E-state index is -0.942. The van der Waals surface area contributed by atoms with Crippen LogP contribution in [0.5, 0.6) is 0 Å². The normalized spacial score (nSPS) is 21.3. The van der Waals surface area contributed by atoms with E-state index in [0.29, 0.717) is 32.7 Å². The number of rotatable bonds is 10. The van der Waals surface area contributed by atoms with E-state index in [1.165, 1.54) is 0 Å². The van der Waals surface area contributed by atoms with E-state index in [4.69, 9.17) is 14.2 Å². The van der Waals surface area contributed by atoms with Crippen molar-refractivity contribution in [3.8, 4) is 0 Å². The van der Waals surface area contributed by atoms with Gasteiger partial charge in [-0.2, -0.15) is 0 Å². The van der Waals surface area contributed by atoms with Crippen molar-refractivity contribution < 1.29 is 28.9 Å². The summed E-state index contributed by atoms with van der Waals surface area (Å²) < 4.78 is 15.7. The number of benzene rings is 1. The van der Waals surface area contributed by atoms with Crippen LogP contribution in [0.3, 0.4) is 0 Å². The van der Waals surface area contributed by atoms with Crippen molar-refractivity contribution in [2.45, 2.75) is 37.7 Å². The minimum Gasteiger partial charge on any atom is -0.504 e. The predicted octanol–water partition coefficient (Wildman–Crippen LogP) is 2.93. The highest BCUT2D eigenvalue weighted by Gasteiger charge is 2.45. The molecule has 1 aliphatic heterocycles. The first-order chi connectivity index (χ1) is 13.1. The van der Waals surface area contributed by atoms with Gasteiger partial charge in [-0.3, -0.25) is 4.79 Å². The van der Waals surface area contributed by atoms with Crippen LogP contribution in [-0.4, -0.2) is 49.9 Å². The molecule has 3 rings (SSSR count). The number of hydrogen-bond acceptors (Lipinski definition) is 6. The third-order valence-corrected chi connectivity index (χ3v) is 5.00. The van der Waals surface area contributed by atoms with E-state index < -0.39 is 23.6 Å². The average Bonchev–Trinajstić information content (AvgIpc) is 3.51. The summed E-state index contributed by atoms with van der Waals surface area (Å²) in [5, 5.41) is 10.5. The molecule has 1 N–H and O–H groups in total. The average molecular weight is 374 g/mol. The number of Topliss-reactive ketones (excluding diaryl/α,β-unsaturated/α-hetero) is 1. The smallest absolute Gasteiger partial charge is 0.339 e. The zero-order valence-electron chi connectivity index (χ0n) is 15.6. The molecule has 1 saturated carbocycles. The second-order valence-corrected chi connectivity index (χ2v) is 6.99. The second-order valence-electron chi connectivity index (χ2n) is 6.99. The van der Waals surface area contributed by atoms with Crippen LogP contribution in [0.1, 0.15) is 37.2 Å². The molecule has 1 heterocycles. The van der Waals surface area contributed by atoms with E-state index >= 15 is 0 Å². The van der Waals surface area contributed by atoms with Gasteiger partial charge in [0.05, 0.1) is 18.8 Å². The number of hydrogen-bond donors (Lipinski definition) is 1. The fourth-order valence-electron chi connectivity index (χ4n) is 3.47. The third kappa shape index (κ3) is 4.76. The first-order valence-electron chi connectivity index (χ1n) is 9.43. The van der Waals surface area contributed by atoms with Gasteiger partial charge < -0.3 is 19.3 Å². The Labute approximate surface area is 159 Å². The summed E-state index contributed by atoms with van der Waals surface area (Å²) in [6.07, 6.45) is 1.89. The minimum absolute atomic E-state index is 0.112. The molecule has 6 nitrogen and oxygen atoms in total. The number of ether oxygens (including phenoxy) is 3. The Morgan fingerprint density at radius 1 is 1.15 bits per heavy atom. The van der Waals surface area contributed by atoms with E-state index in [0.717, 1.165) is 18.4 Å². The Morgan fingerprint density at radius 3 is 2.56 bits per heavy atom. The maximum Gasteiger partial charge on any atom is 0.339 e. The van der Waals surface area contributed by atoms with Crippen molar-refractivity contribution in [3.05, 3.63) is 47.2 Å². The molecule has 146 valence electrons. The van der Waals surface area contributed by atoms with E-state index in [9.17, 15) is 14.7 Å². The van der Waals surface area contributed by atoms with Crippen LogP contribution in [0.2, 0.25) is 0 Å². The number of aliphatic hydroxyl groups excluding tert-OH is 1. The summed E-state index contributed by atoms with van der Waals surface area (Å²) in [4.78, 5) is 25.2. The molecule has 0 saturated heterocycles. The fraction of sp³-hybridized carbons (Fsp3) is 0.524. The first kappa shape index (κ1) is 19.6. The Kier molecular flexibility index (Phi) is 6.63. The zero-order valence-corrected chi connectivity index (χ0v) is 15.6. The zero-order chi connectivity index (χ0) is 19.2. The molecular formula is C21H26O6. The summed E-state index contributed by atoms with van der Waals surface area (Å²) in [7, 11) is 1.60. The molecule has 0 amide bonds. The lowest BCUT2D eigenvalue weighted by Crippen LogP contribution is -2.37. The highest BCUT2D eigenvalue weighted by Crippen LogP contribution is 2.48. The molecule has 2 aliphatic rings. The molecule has 0 aromatic heterocycles. The summed E-state index contributed by atoms with van der Waals surface area (Å²) in [5.74, 6) is -1.56. The lowest BCUT2D eigenvalue weighted by Gasteiger charge is -2.27. The molecule has 1 aliphatic carbocycles. The summed E-state index contributed by atoms with van der Waals surface area (Å²) in [6, 6.07) is 9.53.